The molecule has 1 saturated heterocycles. The van der Waals surface area contributed by atoms with Gasteiger partial charge in [-0.05, 0) is 48.6 Å². The molecule has 0 bridgehead atoms. The second-order valence-electron chi connectivity index (χ2n) is 8.73. The molecule has 0 saturated carbocycles. The van der Waals surface area contributed by atoms with Gasteiger partial charge in [0.15, 0.2) is 0 Å². The fourth-order valence-electron chi connectivity index (χ4n) is 4.07. The smallest absolute Gasteiger partial charge is 0.251 e. The number of hydrogen-bond donors (Lipinski definition) is 3. The molecule has 32 heavy (non-hydrogen) atoms. The summed E-state index contributed by atoms with van der Waals surface area (Å²) in [6.45, 7) is 5.34. The number of hydrogen-bond acceptors (Lipinski definition) is 4. The van der Waals surface area contributed by atoms with Crippen LogP contribution in [0.3, 0.4) is 0 Å². The average molecular weight is 437 g/mol. The van der Waals surface area contributed by atoms with Gasteiger partial charge in [-0.3, -0.25) is 19.3 Å². The van der Waals surface area contributed by atoms with Gasteiger partial charge in [-0.25, -0.2) is 0 Å². The van der Waals surface area contributed by atoms with Crippen LogP contribution in [-0.4, -0.2) is 35.2 Å². The summed E-state index contributed by atoms with van der Waals surface area (Å²) in [6.07, 6.45) is 2.07. The predicted octanol–water partition coefficient (Wildman–Crippen LogP) is 2.98. The first-order chi connectivity index (χ1) is 15.3. The second-order valence-corrected chi connectivity index (χ2v) is 8.73. The van der Waals surface area contributed by atoms with Crippen LogP contribution in [0.1, 0.15) is 50.3 Å². The number of nitrogens with one attached hydrogen (secondary N) is 2. The molecule has 4 N–H and O–H groups in total. The quantitative estimate of drug-likeness (QED) is 0.562. The summed E-state index contributed by atoms with van der Waals surface area (Å²) in [4.78, 5) is 39.3. The minimum Gasteiger partial charge on any atom is -0.368 e. The van der Waals surface area contributed by atoms with Crippen molar-refractivity contribution in [3.05, 3.63) is 65.7 Å². The summed E-state index contributed by atoms with van der Waals surface area (Å²) < 4.78 is 0. The molecule has 0 aromatic heterocycles. The zero-order valence-corrected chi connectivity index (χ0v) is 18.7. The molecular formula is C25H32N4O3. The third-order valence-electron chi connectivity index (χ3n) is 5.57. The van der Waals surface area contributed by atoms with Gasteiger partial charge in [0.2, 0.25) is 11.8 Å². The minimum absolute atomic E-state index is 0.163. The highest BCUT2D eigenvalue weighted by atomic mass is 16.2. The summed E-state index contributed by atoms with van der Waals surface area (Å²) in [5.74, 6) is -0.568. The van der Waals surface area contributed by atoms with Crippen molar-refractivity contribution in [3.8, 4) is 0 Å². The van der Waals surface area contributed by atoms with Crippen LogP contribution in [0.4, 0.5) is 5.69 Å². The molecule has 1 aliphatic rings. The molecule has 1 heterocycles. The number of carbonyl (C=O) groups is 3. The van der Waals surface area contributed by atoms with Crippen molar-refractivity contribution in [1.29, 1.82) is 0 Å². The molecule has 3 amide bonds. The first-order valence-corrected chi connectivity index (χ1v) is 11.1. The van der Waals surface area contributed by atoms with E-state index in [-0.39, 0.29) is 29.7 Å². The highest BCUT2D eigenvalue weighted by Gasteiger charge is 2.29. The van der Waals surface area contributed by atoms with Gasteiger partial charge in [-0.2, -0.15) is 0 Å². The third-order valence-corrected chi connectivity index (χ3v) is 5.57. The first-order valence-electron chi connectivity index (χ1n) is 11.1. The van der Waals surface area contributed by atoms with Gasteiger partial charge in [0.1, 0.15) is 6.04 Å². The van der Waals surface area contributed by atoms with E-state index < -0.39 is 6.04 Å². The number of anilines is 1. The Balaban J connectivity index is 1.72. The molecule has 0 spiro atoms. The van der Waals surface area contributed by atoms with E-state index in [0.29, 0.717) is 18.7 Å². The number of benzene rings is 2. The Hall–Kier alpha value is -3.19. The Labute approximate surface area is 189 Å². The number of amides is 3. The molecule has 1 fully saturated rings. The van der Waals surface area contributed by atoms with Crippen LogP contribution in [0.5, 0.6) is 0 Å². The number of primary amides is 1. The first kappa shape index (κ1) is 23.5. The molecule has 2 unspecified atom stereocenters. The van der Waals surface area contributed by atoms with Crippen molar-refractivity contribution in [2.75, 3.05) is 11.9 Å². The molecule has 2 atom stereocenters. The van der Waals surface area contributed by atoms with Gasteiger partial charge in [-0.15, -0.1) is 0 Å². The summed E-state index contributed by atoms with van der Waals surface area (Å²) in [5.41, 5.74) is 7.87. The zero-order chi connectivity index (χ0) is 23.1. The van der Waals surface area contributed by atoms with Crippen molar-refractivity contribution in [2.45, 2.75) is 51.7 Å². The Morgan fingerprint density at radius 1 is 1.09 bits per heavy atom. The highest BCUT2D eigenvalue weighted by molar-refractivity contribution is 5.98. The van der Waals surface area contributed by atoms with Gasteiger partial charge in [0, 0.05) is 18.7 Å². The van der Waals surface area contributed by atoms with Crippen LogP contribution in [0.2, 0.25) is 0 Å². The van der Waals surface area contributed by atoms with Crippen LogP contribution in [0.15, 0.2) is 54.6 Å². The fraction of sp³-hybridized carbons (Fsp3) is 0.400. The van der Waals surface area contributed by atoms with E-state index in [1.54, 1.807) is 0 Å². The largest absolute Gasteiger partial charge is 0.368 e. The molecule has 170 valence electrons. The summed E-state index contributed by atoms with van der Waals surface area (Å²) in [7, 11) is 0. The molecule has 7 heteroatoms. The Kier molecular flexibility index (Phi) is 8.00. The van der Waals surface area contributed by atoms with Crippen molar-refractivity contribution in [2.24, 2.45) is 11.7 Å². The monoisotopic (exact) mass is 436 g/mol. The zero-order valence-electron chi connectivity index (χ0n) is 18.7. The maximum atomic E-state index is 13.1. The van der Waals surface area contributed by atoms with E-state index in [0.717, 1.165) is 30.5 Å². The molecule has 7 nitrogen and oxygen atoms in total. The molecule has 2 aromatic carbocycles. The van der Waals surface area contributed by atoms with Crippen LogP contribution < -0.4 is 16.4 Å². The van der Waals surface area contributed by atoms with Crippen molar-refractivity contribution >= 4 is 23.4 Å². The predicted molar refractivity (Wildman–Crippen MR) is 124 cm³/mol. The van der Waals surface area contributed by atoms with Gasteiger partial charge < -0.3 is 16.4 Å². The molecule has 0 aliphatic carbocycles. The SMILES string of the molecule is CC(C)CC(=O)NC(C(=O)Nc1cccc(CN2CCCC2C(N)=O)c1)c1ccccc1. The van der Waals surface area contributed by atoms with E-state index in [9.17, 15) is 14.4 Å². The van der Waals surface area contributed by atoms with Crippen molar-refractivity contribution in [1.82, 2.24) is 10.2 Å². The lowest BCUT2D eigenvalue weighted by Gasteiger charge is -2.22. The molecule has 0 radical (unpaired) electrons. The average Bonchev–Trinajstić information content (AvgIpc) is 3.21. The van der Waals surface area contributed by atoms with Crippen LogP contribution in [0, 0.1) is 5.92 Å². The van der Waals surface area contributed by atoms with Crippen LogP contribution in [-0.2, 0) is 20.9 Å². The van der Waals surface area contributed by atoms with Crippen LogP contribution in [0.25, 0.3) is 0 Å². The molecule has 3 rings (SSSR count). The number of nitrogens with zero attached hydrogens (tertiary/aromatic N) is 1. The Morgan fingerprint density at radius 3 is 2.53 bits per heavy atom. The Bertz CT molecular complexity index is 945. The topological polar surface area (TPSA) is 105 Å². The molecular weight excluding hydrogens is 404 g/mol. The van der Waals surface area contributed by atoms with Gasteiger partial charge in [-0.1, -0.05) is 56.3 Å². The molecule has 2 aromatic rings. The number of carbonyl (C=O) groups excluding carboxylic acids is 3. The summed E-state index contributed by atoms with van der Waals surface area (Å²) in [6, 6.07) is 15.7. The van der Waals surface area contributed by atoms with E-state index in [4.69, 9.17) is 5.73 Å². The summed E-state index contributed by atoms with van der Waals surface area (Å²) >= 11 is 0. The summed E-state index contributed by atoms with van der Waals surface area (Å²) in [5, 5.41) is 5.80. The van der Waals surface area contributed by atoms with Gasteiger partial charge in [0.25, 0.3) is 5.91 Å². The third kappa shape index (κ3) is 6.40. The number of rotatable bonds is 9. The molecule has 1 aliphatic heterocycles. The normalized spacial score (nSPS) is 17.2. The highest BCUT2D eigenvalue weighted by Crippen LogP contribution is 2.22. The van der Waals surface area contributed by atoms with Gasteiger partial charge in [0.05, 0.1) is 6.04 Å². The lowest BCUT2D eigenvalue weighted by atomic mass is 10.0. The van der Waals surface area contributed by atoms with Crippen LogP contribution >= 0.6 is 0 Å². The maximum absolute atomic E-state index is 13.1. The fourth-order valence-corrected chi connectivity index (χ4v) is 4.07. The van der Waals surface area contributed by atoms with E-state index in [1.165, 1.54) is 0 Å². The second kappa shape index (κ2) is 10.9. The Morgan fingerprint density at radius 2 is 1.84 bits per heavy atom. The van der Waals surface area contributed by atoms with Crippen molar-refractivity contribution in [3.63, 3.8) is 0 Å². The van der Waals surface area contributed by atoms with Gasteiger partial charge >= 0.3 is 0 Å². The van der Waals surface area contributed by atoms with E-state index in [1.807, 2.05) is 68.4 Å². The minimum atomic E-state index is -0.788. The number of likely N-dealkylation sites (tertiary alicyclic amines) is 1. The number of nitrogens with two attached hydrogens (primary N) is 1. The van der Waals surface area contributed by atoms with E-state index >= 15 is 0 Å². The van der Waals surface area contributed by atoms with E-state index in [2.05, 4.69) is 15.5 Å². The lowest BCUT2D eigenvalue weighted by molar-refractivity contribution is -0.127. The maximum Gasteiger partial charge on any atom is 0.251 e. The standard InChI is InChI=1S/C25H32N4O3/c1-17(2)14-22(30)28-23(19-9-4-3-5-10-19)25(32)27-20-11-6-8-18(15-20)16-29-13-7-12-21(29)24(26)31/h3-6,8-11,15,17,21,23H,7,12-14,16H2,1-2H3,(H2,26,31)(H,27,32)(H,28,30). The lowest BCUT2D eigenvalue weighted by Crippen LogP contribution is -2.39. The van der Waals surface area contributed by atoms with Crippen molar-refractivity contribution < 1.29 is 14.4 Å².